The Balaban J connectivity index is 2.37. The third-order valence-electron chi connectivity index (χ3n) is 2.18. The zero-order valence-electron chi connectivity index (χ0n) is 8.68. The van der Waals surface area contributed by atoms with Gasteiger partial charge < -0.3 is 0 Å². The van der Waals surface area contributed by atoms with Crippen molar-refractivity contribution in [2.45, 2.75) is 18.7 Å². The molecule has 0 aliphatic carbocycles. The normalized spacial score (nSPS) is 12.7. The fourth-order valence-corrected chi connectivity index (χ4v) is 1.57. The van der Waals surface area contributed by atoms with Crippen LogP contribution in [0, 0.1) is 6.92 Å². The summed E-state index contributed by atoms with van der Waals surface area (Å²) < 4.78 is 1.79. The second-order valence-corrected chi connectivity index (χ2v) is 4.92. The van der Waals surface area contributed by atoms with E-state index in [0.29, 0.717) is 0 Å². The van der Waals surface area contributed by atoms with E-state index in [0.717, 1.165) is 11.4 Å². The summed E-state index contributed by atoms with van der Waals surface area (Å²) in [5.41, 5.74) is 3.20. The Morgan fingerprint density at radius 2 is 2.20 bits per heavy atom. The van der Waals surface area contributed by atoms with Crippen LogP contribution in [0.25, 0.3) is 5.69 Å². The smallest absolute Gasteiger partial charge is 0.0965 e. The summed E-state index contributed by atoms with van der Waals surface area (Å²) in [6.45, 7) is 4.10. The van der Waals surface area contributed by atoms with E-state index in [9.17, 15) is 0 Å². The van der Waals surface area contributed by atoms with Gasteiger partial charge in [-0.3, -0.25) is 0 Å². The molecule has 0 aliphatic rings. The molecule has 0 saturated heterocycles. The van der Waals surface area contributed by atoms with Gasteiger partial charge in [-0.1, -0.05) is 33.3 Å². The summed E-state index contributed by atoms with van der Waals surface area (Å²) >= 11 is 3.47. The number of aryl methyl sites for hydroxylation is 1. The SMILES string of the molecule is Cc1cccc(-n2cc(C(C)Br)nn2)c1. The lowest BCUT2D eigenvalue weighted by molar-refractivity contribution is 0.797. The van der Waals surface area contributed by atoms with Crippen LogP contribution in [0.4, 0.5) is 0 Å². The zero-order chi connectivity index (χ0) is 10.8. The Kier molecular flexibility index (Phi) is 2.86. The molecule has 1 unspecified atom stereocenters. The van der Waals surface area contributed by atoms with Crippen molar-refractivity contribution in [2.75, 3.05) is 0 Å². The van der Waals surface area contributed by atoms with Gasteiger partial charge in [0, 0.05) is 0 Å². The van der Waals surface area contributed by atoms with Crippen LogP contribution in [0.15, 0.2) is 30.5 Å². The van der Waals surface area contributed by atoms with Crippen molar-refractivity contribution in [2.24, 2.45) is 0 Å². The monoisotopic (exact) mass is 265 g/mol. The van der Waals surface area contributed by atoms with Gasteiger partial charge in [0.25, 0.3) is 0 Å². The van der Waals surface area contributed by atoms with E-state index in [2.05, 4.69) is 45.3 Å². The summed E-state index contributed by atoms with van der Waals surface area (Å²) in [5.74, 6) is 0. The van der Waals surface area contributed by atoms with E-state index in [4.69, 9.17) is 0 Å². The van der Waals surface area contributed by atoms with Gasteiger partial charge >= 0.3 is 0 Å². The Hall–Kier alpha value is -1.16. The molecule has 1 heterocycles. The molecule has 0 radical (unpaired) electrons. The predicted molar refractivity (Wildman–Crippen MR) is 63.4 cm³/mol. The van der Waals surface area contributed by atoms with E-state index in [1.165, 1.54) is 5.56 Å². The largest absolute Gasteiger partial charge is 0.220 e. The minimum absolute atomic E-state index is 0.232. The highest BCUT2D eigenvalue weighted by Crippen LogP contribution is 2.19. The number of benzene rings is 1. The van der Waals surface area contributed by atoms with Crippen LogP contribution in [-0.4, -0.2) is 15.0 Å². The van der Waals surface area contributed by atoms with Crippen molar-refractivity contribution in [3.05, 3.63) is 41.7 Å². The highest BCUT2D eigenvalue weighted by atomic mass is 79.9. The fraction of sp³-hybridized carbons (Fsp3) is 0.273. The van der Waals surface area contributed by atoms with Crippen molar-refractivity contribution >= 4 is 15.9 Å². The molecule has 1 aromatic carbocycles. The Morgan fingerprint density at radius 3 is 2.80 bits per heavy atom. The van der Waals surface area contributed by atoms with Gasteiger partial charge in [0.15, 0.2) is 0 Å². The van der Waals surface area contributed by atoms with Crippen molar-refractivity contribution in [1.82, 2.24) is 15.0 Å². The van der Waals surface area contributed by atoms with E-state index >= 15 is 0 Å². The van der Waals surface area contributed by atoms with Crippen molar-refractivity contribution in [3.63, 3.8) is 0 Å². The topological polar surface area (TPSA) is 30.7 Å². The van der Waals surface area contributed by atoms with Gasteiger partial charge in [0.1, 0.15) is 0 Å². The molecular formula is C11H12BrN3. The van der Waals surface area contributed by atoms with Crippen LogP contribution in [0.1, 0.15) is 23.0 Å². The standard InChI is InChI=1S/C11H12BrN3/c1-8-4-3-5-10(6-8)15-7-11(9(2)12)13-14-15/h3-7,9H,1-2H3. The first-order valence-electron chi connectivity index (χ1n) is 4.80. The van der Waals surface area contributed by atoms with Crippen molar-refractivity contribution < 1.29 is 0 Å². The second kappa shape index (κ2) is 4.14. The third kappa shape index (κ3) is 2.26. The summed E-state index contributed by atoms with van der Waals surface area (Å²) in [7, 11) is 0. The molecule has 2 aromatic rings. The van der Waals surface area contributed by atoms with Gasteiger partial charge in [-0.05, 0) is 31.5 Å². The summed E-state index contributed by atoms with van der Waals surface area (Å²) in [4.78, 5) is 0.232. The van der Waals surface area contributed by atoms with E-state index in [1.54, 1.807) is 4.68 Å². The molecule has 4 heteroatoms. The van der Waals surface area contributed by atoms with Crippen LogP contribution < -0.4 is 0 Å². The highest BCUT2D eigenvalue weighted by Gasteiger charge is 2.06. The maximum Gasteiger partial charge on any atom is 0.0965 e. The van der Waals surface area contributed by atoms with Gasteiger partial charge in [-0.25, -0.2) is 4.68 Å². The molecule has 3 nitrogen and oxygen atoms in total. The van der Waals surface area contributed by atoms with Crippen molar-refractivity contribution in [1.29, 1.82) is 0 Å². The quantitative estimate of drug-likeness (QED) is 0.782. The van der Waals surface area contributed by atoms with E-state index in [-0.39, 0.29) is 4.83 Å². The number of aromatic nitrogens is 3. The molecule has 0 aliphatic heterocycles. The van der Waals surface area contributed by atoms with Gasteiger partial charge in [-0.2, -0.15) is 0 Å². The molecule has 15 heavy (non-hydrogen) atoms. The Bertz CT molecular complexity index is 462. The van der Waals surface area contributed by atoms with E-state index < -0.39 is 0 Å². The summed E-state index contributed by atoms with van der Waals surface area (Å²) in [5, 5.41) is 8.17. The van der Waals surface area contributed by atoms with E-state index in [1.807, 2.05) is 25.3 Å². The molecule has 0 N–H and O–H groups in total. The maximum absolute atomic E-state index is 4.09. The number of nitrogens with zero attached hydrogens (tertiary/aromatic N) is 3. The Morgan fingerprint density at radius 1 is 1.40 bits per heavy atom. The van der Waals surface area contributed by atoms with Gasteiger partial charge in [0.05, 0.1) is 22.4 Å². The number of rotatable bonds is 2. The maximum atomic E-state index is 4.09. The molecule has 0 amide bonds. The predicted octanol–water partition coefficient (Wildman–Crippen LogP) is 3.03. The van der Waals surface area contributed by atoms with Gasteiger partial charge in [0.2, 0.25) is 0 Å². The molecule has 1 atom stereocenters. The number of halogens is 1. The molecule has 78 valence electrons. The molecule has 0 saturated carbocycles. The van der Waals surface area contributed by atoms with Crippen LogP contribution in [-0.2, 0) is 0 Å². The minimum atomic E-state index is 0.232. The average Bonchev–Trinajstić information content (AvgIpc) is 2.66. The highest BCUT2D eigenvalue weighted by molar-refractivity contribution is 9.09. The molecular weight excluding hydrogens is 254 g/mol. The second-order valence-electron chi connectivity index (χ2n) is 3.54. The average molecular weight is 266 g/mol. The summed E-state index contributed by atoms with van der Waals surface area (Å²) in [6.07, 6.45) is 1.94. The lowest BCUT2D eigenvalue weighted by Gasteiger charge is -2.00. The minimum Gasteiger partial charge on any atom is -0.220 e. The first-order valence-corrected chi connectivity index (χ1v) is 5.72. The molecule has 0 spiro atoms. The van der Waals surface area contributed by atoms with Crippen LogP contribution in [0.5, 0.6) is 0 Å². The zero-order valence-corrected chi connectivity index (χ0v) is 10.3. The molecule has 2 rings (SSSR count). The third-order valence-corrected chi connectivity index (χ3v) is 2.65. The lowest BCUT2D eigenvalue weighted by atomic mass is 10.2. The fourth-order valence-electron chi connectivity index (χ4n) is 1.36. The first kappa shape index (κ1) is 10.4. The lowest BCUT2D eigenvalue weighted by Crippen LogP contribution is -1.94. The van der Waals surface area contributed by atoms with Crippen molar-refractivity contribution in [3.8, 4) is 5.69 Å². The first-order chi connectivity index (χ1) is 7.16. The van der Waals surface area contributed by atoms with Crippen LogP contribution >= 0.6 is 15.9 Å². The number of hydrogen-bond donors (Lipinski definition) is 0. The Labute approximate surface area is 97.2 Å². The molecule has 1 aromatic heterocycles. The molecule has 0 fully saturated rings. The van der Waals surface area contributed by atoms with Gasteiger partial charge in [-0.15, -0.1) is 5.10 Å². The molecule has 0 bridgehead atoms. The van der Waals surface area contributed by atoms with Crippen LogP contribution in [0.2, 0.25) is 0 Å². The number of alkyl halides is 1. The number of hydrogen-bond acceptors (Lipinski definition) is 2. The summed E-state index contributed by atoms with van der Waals surface area (Å²) in [6, 6.07) is 8.18. The van der Waals surface area contributed by atoms with Crippen LogP contribution in [0.3, 0.4) is 0 Å².